The third kappa shape index (κ3) is 5.70. The lowest BCUT2D eigenvalue weighted by Crippen LogP contribution is -2.52. The van der Waals surface area contributed by atoms with E-state index < -0.39 is 23.6 Å². The summed E-state index contributed by atoms with van der Waals surface area (Å²) in [5.41, 5.74) is 3.32. The van der Waals surface area contributed by atoms with Gasteiger partial charge in [0, 0.05) is 30.6 Å². The van der Waals surface area contributed by atoms with E-state index in [0.717, 1.165) is 16.7 Å². The Morgan fingerprint density at radius 1 is 1.03 bits per heavy atom. The summed E-state index contributed by atoms with van der Waals surface area (Å²) in [7, 11) is 0. The molecule has 2 heterocycles. The molecule has 0 aromatic heterocycles. The van der Waals surface area contributed by atoms with Crippen molar-refractivity contribution in [3.8, 4) is 0 Å². The van der Waals surface area contributed by atoms with Crippen LogP contribution in [0.4, 0.5) is 0 Å². The number of carbonyl (C=O) groups excluding carboxylic acids is 5. The number of Topliss-reactive ketones (excluding diaryl/α,β-unsaturated/α-hetero) is 1. The molecule has 1 atom stereocenters. The van der Waals surface area contributed by atoms with Crippen LogP contribution in [0.2, 0.25) is 0 Å². The average Bonchev–Trinajstić information content (AvgIpc) is 3.18. The van der Waals surface area contributed by atoms with Gasteiger partial charge in [-0.25, -0.2) is 0 Å². The van der Waals surface area contributed by atoms with Crippen molar-refractivity contribution in [3.05, 3.63) is 70.3 Å². The Morgan fingerprint density at radius 2 is 1.69 bits per heavy atom. The summed E-state index contributed by atoms with van der Waals surface area (Å²) in [6.45, 7) is 10.6. The first kappa shape index (κ1) is 26.8. The van der Waals surface area contributed by atoms with Crippen molar-refractivity contribution in [2.24, 2.45) is 0 Å². The first-order valence-corrected chi connectivity index (χ1v) is 12.2. The Labute approximate surface area is 211 Å². The van der Waals surface area contributed by atoms with E-state index in [2.05, 4.69) is 31.4 Å². The van der Waals surface area contributed by atoms with Crippen molar-refractivity contribution in [2.75, 3.05) is 0 Å². The molecule has 0 aliphatic carbocycles. The number of carbonyl (C=O) groups is 5. The fraction of sp³-hybridized carbons (Fsp3) is 0.393. The fourth-order valence-corrected chi connectivity index (χ4v) is 4.25. The molecule has 1 saturated heterocycles. The molecule has 2 aromatic rings. The Balaban J connectivity index is 0.00000176. The number of rotatable bonds is 5. The number of amides is 4. The summed E-state index contributed by atoms with van der Waals surface area (Å²) in [4.78, 5) is 62.7. The lowest BCUT2D eigenvalue weighted by molar-refractivity contribution is -0.137. The highest BCUT2D eigenvalue weighted by atomic mass is 16.2. The van der Waals surface area contributed by atoms with E-state index in [9.17, 15) is 24.0 Å². The Morgan fingerprint density at radius 3 is 2.31 bits per heavy atom. The van der Waals surface area contributed by atoms with Crippen molar-refractivity contribution >= 4 is 29.4 Å². The second-order valence-corrected chi connectivity index (χ2v) is 9.73. The van der Waals surface area contributed by atoms with E-state index in [1.54, 1.807) is 30.3 Å². The highest BCUT2D eigenvalue weighted by Gasteiger charge is 2.39. The van der Waals surface area contributed by atoms with E-state index in [0.29, 0.717) is 17.5 Å². The van der Waals surface area contributed by atoms with Crippen LogP contribution in [0.3, 0.4) is 0 Å². The second kappa shape index (κ2) is 10.8. The third-order valence-electron chi connectivity index (χ3n) is 6.26. The van der Waals surface area contributed by atoms with Gasteiger partial charge in [-0.3, -0.25) is 29.3 Å². The van der Waals surface area contributed by atoms with Gasteiger partial charge in [-0.15, -0.1) is 0 Å². The van der Waals surface area contributed by atoms with Gasteiger partial charge in [0.05, 0.1) is 0 Å². The Hall–Kier alpha value is -3.81. The smallest absolute Gasteiger partial charge is 0.292 e. The normalized spacial score (nSPS) is 17.1. The van der Waals surface area contributed by atoms with Gasteiger partial charge in [-0.05, 0) is 34.6 Å². The molecule has 8 nitrogen and oxygen atoms in total. The van der Waals surface area contributed by atoms with Crippen LogP contribution in [0.1, 0.15) is 84.9 Å². The Bertz CT molecular complexity index is 1190. The molecular weight excluding hydrogens is 458 g/mol. The van der Waals surface area contributed by atoms with Gasteiger partial charge in [0.25, 0.3) is 11.8 Å². The molecule has 1 unspecified atom stereocenters. The standard InChI is InChI=1S/C26H27N3O5.C2H6/c1-26(2,3)18-7-5-16(6-8-18)22(31)24(33)27-13-15-4-9-19-17(12-15)14-29(25(19)34)20-10-11-21(30)28-23(20)32;1-2/h4-9,12,20H,10-11,13-14H2,1-3H3,(H,27,33)(H,28,30,32);1-2H3. The zero-order chi connectivity index (χ0) is 26.6. The minimum Gasteiger partial charge on any atom is -0.345 e. The van der Waals surface area contributed by atoms with E-state index >= 15 is 0 Å². The number of hydrogen-bond donors (Lipinski definition) is 2. The summed E-state index contributed by atoms with van der Waals surface area (Å²) >= 11 is 0. The van der Waals surface area contributed by atoms with E-state index in [1.807, 2.05) is 26.0 Å². The molecule has 1 fully saturated rings. The van der Waals surface area contributed by atoms with Crippen molar-refractivity contribution < 1.29 is 24.0 Å². The van der Waals surface area contributed by atoms with E-state index in [-0.39, 0.29) is 36.7 Å². The molecule has 8 heteroatoms. The molecule has 0 spiro atoms. The number of hydrogen-bond acceptors (Lipinski definition) is 5. The van der Waals surface area contributed by atoms with Crippen LogP contribution in [-0.4, -0.2) is 40.4 Å². The maximum Gasteiger partial charge on any atom is 0.292 e. The SMILES string of the molecule is CC.CC(C)(C)c1ccc(C(=O)C(=O)NCc2ccc3c(c2)CN(C2CCC(=O)NC2=O)C3=O)cc1. The number of ketones is 1. The van der Waals surface area contributed by atoms with Crippen LogP contribution in [-0.2, 0) is 32.9 Å². The van der Waals surface area contributed by atoms with Gasteiger partial charge in [0.1, 0.15) is 6.04 Å². The number of nitrogens with zero attached hydrogens (tertiary/aromatic N) is 1. The van der Waals surface area contributed by atoms with Gasteiger partial charge in [-0.2, -0.15) is 0 Å². The molecule has 0 radical (unpaired) electrons. The maximum absolute atomic E-state index is 12.8. The van der Waals surface area contributed by atoms with Gasteiger partial charge < -0.3 is 10.2 Å². The maximum atomic E-state index is 12.8. The van der Waals surface area contributed by atoms with Gasteiger partial charge in [0.15, 0.2) is 0 Å². The van der Waals surface area contributed by atoms with Crippen molar-refractivity contribution in [1.82, 2.24) is 15.5 Å². The summed E-state index contributed by atoms with van der Waals surface area (Å²) in [6, 6.07) is 11.5. The molecule has 0 bridgehead atoms. The minimum atomic E-state index is -0.703. The number of imide groups is 1. The average molecular weight is 492 g/mol. The molecule has 36 heavy (non-hydrogen) atoms. The zero-order valence-corrected chi connectivity index (χ0v) is 21.4. The highest BCUT2D eigenvalue weighted by molar-refractivity contribution is 6.42. The van der Waals surface area contributed by atoms with Gasteiger partial charge in [-0.1, -0.05) is 71.0 Å². The molecule has 0 saturated carbocycles. The van der Waals surface area contributed by atoms with Crippen LogP contribution in [0.15, 0.2) is 42.5 Å². The number of piperidine rings is 1. The summed E-state index contributed by atoms with van der Waals surface area (Å²) in [5, 5.41) is 4.92. The highest BCUT2D eigenvalue weighted by Crippen LogP contribution is 2.28. The third-order valence-corrected chi connectivity index (χ3v) is 6.26. The Kier molecular flexibility index (Phi) is 8.07. The monoisotopic (exact) mass is 491 g/mol. The van der Waals surface area contributed by atoms with Gasteiger partial charge >= 0.3 is 0 Å². The molecule has 2 N–H and O–H groups in total. The predicted octanol–water partition coefficient (Wildman–Crippen LogP) is 3.27. The second-order valence-electron chi connectivity index (χ2n) is 9.73. The fourth-order valence-electron chi connectivity index (χ4n) is 4.25. The van der Waals surface area contributed by atoms with E-state index in [4.69, 9.17) is 0 Å². The molecule has 4 amide bonds. The quantitative estimate of drug-likeness (QED) is 0.379. The van der Waals surface area contributed by atoms with Gasteiger partial charge in [0.2, 0.25) is 17.6 Å². The zero-order valence-electron chi connectivity index (χ0n) is 21.4. The van der Waals surface area contributed by atoms with Crippen LogP contribution >= 0.6 is 0 Å². The lowest BCUT2D eigenvalue weighted by atomic mass is 9.86. The molecular formula is C28H33N3O5. The summed E-state index contributed by atoms with van der Waals surface area (Å²) in [5.74, 6) is -2.36. The van der Waals surface area contributed by atoms with Crippen LogP contribution in [0.5, 0.6) is 0 Å². The lowest BCUT2D eigenvalue weighted by Gasteiger charge is -2.29. The summed E-state index contributed by atoms with van der Waals surface area (Å²) < 4.78 is 0. The molecule has 2 aliphatic heterocycles. The first-order chi connectivity index (χ1) is 17.0. The van der Waals surface area contributed by atoms with Crippen molar-refractivity contribution in [2.45, 2.75) is 72.0 Å². The van der Waals surface area contributed by atoms with Crippen molar-refractivity contribution in [1.29, 1.82) is 0 Å². The molecule has 2 aromatic carbocycles. The molecule has 2 aliphatic rings. The van der Waals surface area contributed by atoms with E-state index in [1.165, 1.54) is 4.90 Å². The first-order valence-electron chi connectivity index (χ1n) is 12.2. The van der Waals surface area contributed by atoms with Crippen LogP contribution in [0, 0.1) is 0 Å². The largest absolute Gasteiger partial charge is 0.345 e. The predicted molar refractivity (Wildman–Crippen MR) is 135 cm³/mol. The number of fused-ring (bicyclic) bond motifs is 1. The molecule has 4 rings (SSSR count). The minimum absolute atomic E-state index is 0.0490. The summed E-state index contributed by atoms with van der Waals surface area (Å²) in [6.07, 6.45) is 0.493. The number of benzene rings is 2. The van der Waals surface area contributed by atoms with Crippen LogP contribution in [0.25, 0.3) is 0 Å². The molecule has 190 valence electrons. The number of nitrogens with one attached hydrogen (secondary N) is 2. The van der Waals surface area contributed by atoms with Crippen LogP contribution < -0.4 is 10.6 Å². The topological polar surface area (TPSA) is 113 Å². The van der Waals surface area contributed by atoms with Crippen molar-refractivity contribution in [3.63, 3.8) is 0 Å².